The highest BCUT2D eigenvalue weighted by atomic mass is 16.1. The van der Waals surface area contributed by atoms with E-state index in [-0.39, 0.29) is 5.54 Å². The van der Waals surface area contributed by atoms with Crippen LogP contribution in [0.15, 0.2) is 54.6 Å². The third kappa shape index (κ3) is 1.86. The summed E-state index contributed by atoms with van der Waals surface area (Å²) in [6.45, 7) is 1.92. The first-order valence-electron chi connectivity index (χ1n) is 7.71. The van der Waals surface area contributed by atoms with Crippen molar-refractivity contribution in [2.24, 2.45) is 0 Å². The fraction of sp³-hybridized carbons (Fsp3) is 0.316. The summed E-state index contributed by atoms with van der Waals surface area (Å²) in [5.41, 5.74) is 3.74. The van der Waals surface area contributed by atoms with E-state index in [9.17, 15) is 4.79 Å². The Bertz CT molecular complexity index is 679. The summed E-state index contributed by atoms with van der Waals surface area (Å²) < 4.78 is 0. The summed E-state index contributed by atoms with van der Waals surface area (Å²) in [6.07, 6.45) is 2.38. The molecular formula is C19H19NO. The Labute approximate surface area is 125 Å². The third-order valence-corrected chi connectivity index (χ3v) is 5.02. The van der Waals surface area contributed by atoms with Crippen LogP contribution in [-0.2, 0) is 16.8 Å². The van der Waals surface area contributed by atoms with Crippen LogP contribution in [0, 0.1) is 0 Å². The summed E-state index contributed by atoms with van der Waals surface area (Å²) in [7, 11) is 0. The number of benzene rings is 2. The Hall–Kier alpha value is -1.93. The van der Waals surface area contributed by atoms with Gasteiger partial charge in [-0.15, -0.1) is 0 Å². The van der Waals surface area contributed by atoms with Crippen LogP contribution in [0.1, 0.15) is 29.5 Å². The SMILES string of the molecule is O=C1CCN2CCc3ccccc3C2(c2ccccc2)C1. The Morgan fingerprint density at radius 1 is 0.857 bits per heavy atom. The minimum atomic E-state index is -0.245. The lowest BCUT2D eigenvalue weighted by molar-refractivity contribution is -0.126. The van der Waals surface area contributed by atoms with Crippen LogP contribution >= 0.6 is 0 Å². The molecular weight excluding hydrogens is 258 g/mol. The average Bonchev–Trinajstić information content (AvgIpc) is 2.55. The van der Waals surface area contributed by atoms with Gasteiger partial charge in [0.05, 0.1) is 5.54 Å². The van der Waals surface area contributed by atoms with Crippen LogP contribution in [0.5, 0.6) is 0 Å². The van der Waals surface area contributed by atoms with Crippen molar-refractivity contribution in [2.75, 3.05) is 13.1 Å². The number of carbonyl (C=O) groups excluding carboxylic acids is 1. The number of rotatable bonds is 1. The topological polar surface area (TPSA) is 20.3 Å². The molecule has 0 bridgehead atoms. The number of fused-ring (bicyclic) bond motifs is 3. The summed E-state index contributed by atoms with van der Waals surface area (Å²) >= 11 is 0. The van der Waals surface area contributed by atoms with E-state index >= 15 is 0 Å². The van der Waals surface area contributed by atoms with Crippen LogP contribution in [-0.4, -0.2) is 23.8 Å². The van der Waals surface area contributed by atoms with Gasteiger partial charge in [-0.1, -0.05) is 54.6 Å². The zero-order valence-electron chi connectivity index (χ0n) is 12.1. The molecule has 0 aromatic heterocycles. The van der Waals surface area contributed by atoms with Crippen LogP contribution in [0.3, 0.4) is 0 Å². The van der Waals surface area contributed by atoms with E-state index < -0.39 is 0 Å². The third-order valence-electron chi connectivity index (χ3n) is 5.02. The molecule has 1 saturated heterocycles. The van der Waals surface area contributed by atoms with Crippen molar-refractivity contribution in [1.29, 1.82) is 0 Å². The van der Waals surface area contributed by atoms with Gasteiger partial charge in [0.15, 0.2) is 0 Å². The Morgan fingerprint density at radius 3 is 2.43 bits per heavy atom. The molecule has 2 heterocycles. The lowest BCUT2D eigenvalue weighted by Crippen LogP contribution is -2.55. The van der Waals surface area contributed by atoms with Gasteiger partial charge in [-0.2, -0.15) is 0 Å². The molecule has 1 unspecified atom stereocenters. The first-order valence-corrected chi connectivity index (χ1v) is 7.71. The number of piperidine rings is 1. The molecule has 0 radical (unpaired) electrons. The van der Waals surface area contributed by atoms with Gasteiger partial charge in [0, 0.05) is 25.9 Å². The minimum Gasteiger partial charge on any atom is -0.300 e. The predicted octanol–water partition coefficient (Wildman–Crippen LogP) is 3.15. The Balaban J connectivity index is 1.98. The molecule has 0 N–H and O–H groups in total. The second-order valence-electron chi connectivity index (χ2n) is 6.09. The van der Waals surface area contributed by atoms with Crippen LogP contribution < -0.4 is 0 Å². The van der Waals surface area contributed by atoms with Crippen molar-refractivity contribution in [1.82, 2.24) is 4.90 Å². The van der Waals surface area contributed by atoms with E-state index in [4.69, 9.17) is 0 Å². The summed E-state index contributed by atoms with van der Waals surface area (Å²) in [4.78, 5) is 14.8. The van der Waals surface area contributed by atoms with Gasteiger partial charge in [0.2, 0.25) is 0 Å². The highest BCUT2D eigenvalue weighted by Gasteiger charge is 2.47. The van der Waals surface area contributed by atoms with E-state index in [1.54, 1.807) is 0 Å². The smallest absolute Gasteiger partial charge is 0.136 e. The van der Waals surface area contributed by atoms with Crippen LogP contribution in [0.4, 0.5) is 0 Å². The molecule has 0 saturated carbocycles. The maximum absolute atomic E-state index is 12.3. The fourth-order valence-corrected chi connectivity index (χ4v) is 4.06. The lowest BCUT2D eigenvalue weighted by atomic mass is 9.70. The van der Waals surface area contributed by atoms with Gasteiger partial charge in [-0.3, -0.25) is 9.69 Å². The molecule has 1 fully saturated rings. The summed E-state index contributed by atoms with van der Waals surface area (Å²) in [6, 6.07) is 19.2. The van der Waals surface area contributed by atoms with Gasteiger partial charge in [0.1, 0.15) is 5.78 Å². The van der Waals surface area contributed by atoms with E-state index in [0.29, 0.717) is 18.6 Å². The van der Waals surface area contributed by atoms with Gasteiger partial charge in [-0.25, -0.2) is 0 Å². The maximum Gasteiger partial charge on any atom is 0.136 e. The van der Waals surface area contributed by atoms with E-state index in [1.807, 2.05) is 6.07 Å². The van der Waals surface area contributed by atoms with Crippen molar-refractivity contribution in [3.05, 3.63) is 71.3 Å². The maximum atomic E-state index is 12.3. The van der Waals surface area contributed by atoms with E-state index in [0.717, 1.165) is 19.5 Å². The second kappa shape index (κ2) is 4.81. The molecule has 0 aliphatic carbocycles. The molecule has 0 amide bonds. The fourth-order valence-electron chi connectivity index (χ4n) is 4.06. The van der Waals surface area contributed by atoms with Crippen molar-refractivity contribution in [3.8, 4) is 0 Å². The molecule has 1 atom stereocenters. The average molecular weight is 277 g/mol. The van der Waals surface area contributed by atoms with Crippen LogP contribution in [0.2, 0.25) is 0 Å². The molecule has 2 nitrogen and oxygen atoms in total. The van der Waals surface area contributed by atoms with Crippen LogP contribution in [0.25, 0.3) is 0 Å². The molecule has 2 aliphatic rings. The Kier molecular flexibility index (Phi) is 2.93. The minimum absolute atomic E-state index is 0.245. The molecule has 106 valence electrons. The van der Waals surface area contributed by atoms with Crippen molar-refractivity contribution < 1.29 is 4.79 Å². The zero-order valence-corrected chi connectivity index (χ0v) is 12.1. The second-order valence-corrected chi connectivity index (χ2v) is 6.09. The highest BCUT2D eigenvalue weighted by molar-refractivity contribution is 5.82. The van der Waals surface area contributed by atoms with Gasteiger partial charge < -0.3 is 0 Å². The number of carbonyl (C=O) groups is 1. The normalized spacial score (nSPS) is 25.2. The van der Waals surface area contributed by atoms with Crippen molar-refractivity contribution >= 4 is 5.78 Å². The standard InChI is InChI=1S/C19H19NO/c21-17-11-13-20-12-10-15-6-4-5-9-18(15)19(20,14-17)16-7-2-1-3-8-16/h1-9H,10-14H2. The summed E-state index contributed by atoms with van der Waals surface area (Å²) in [5.74, 6) is 0.381. The van der Waals surface area contributed by atoms with E-state index in [1.165, 1.54) is 16.7 Å². The quantitative estimate of drug-likeness (QED) is 0.798. The molecule has 2 aromatic rings. The van der Waals surface area contributed by atoms with Crippen molar-refractivity contribution in [2.45, 2.75) is 24.8 Å². The molecule has 2 aliphatic heterocycles. The Morgan fingerprint density at radius 2 is 1.57 bits per heavy atom. The van der Waals surface area contributed by atoms with Crippen molar-refractivity contribution in [3.63, 3.8) is 0 Å². The first-order chi connectivity index (χ1) is 10.3. The zero-order chi connectivity index (χ0) is 14.3. The van der Waals surface area contributed by atoms with Gasteiger partial charge in [-0.05, 0) is 23.1 Å². The highest BCUT2D eigenvalue weighted by Crippen LogP contribution is 2.46. The molecule has 4 rings (SSSR count). The number of nitrogens with zero attached hydrogens (tertiary/aromatic N) is 1. The predicted molar refractivity (Wildman–Crippen MR) is 83.2 cm³/mol. The van der Waals surface area contributed by atoms with E-state index in [2.05, 4.69) is 53.4 Å². The molecule has 2 heteroatoms. The number of Topliss-reactive ketones (excluding diaryl/α,β-unsaturated/α-hetero) is 1. The lowest BCUT2D eigenvalue weighted by Gasteiger charge is -2.51. The molecule has 21 heavy (non-hydrogen) atoms. The van der Waals surface area contributed by atoms with Gasteiger partial charge >= 0.3 is 0 Å². The number of hydrogen-bond acceptors (Lipinski definition) is 2. The monoisotopic (exact) mass is 277 g/mol. The number of ketones is 1. The molecule has 0 spiro atoms. The number of hydrogen-bond donors (Lipinski definition) is 0. The largest absolute Gasteiger partial charge is 0.300 e. The molecule has 2 aromatic carbocycles. The van der Waals surface area contributed by atoms with Gasteiger partial charge in [0.25, 0.3) is 0 Å². The summed E-state index contributed by atoms with van der Waals surface area (Å²) in [5, 5.41) is 0. The first kappa shape index (κ1) is 12.8.